The Morgan fingerprint density at radius 2 is 0.714 bits per heavy atom. The van der Waals surface area contributed by atoms with Gasteiger partial charge in [-0.15, -0.1) is 0 Å². The SMILES string of the molecule is CCCCCCCCCCCCCCCCCCCC[N+](C)(CCO)CCO. The highest BCUT2D eigenvalue weighted by atomic mass is 16.3. The molecule has 0 aliphatic heterocycles. The van der Waals surface area contributed by atoms with Gasteiger partial charge < -0.3 is 14.7 Å². The number of quaternary nitrogens is 1. The second-order valence-corrected chi connectivity index (χ2v) is 9.25. The minimum Gasteiger partial charge on any atom is -0.391 e. The molecule has 0 rings (SSSR count). The van der Waals surface area contributed by atoms with Crippen molar-refractivity contribution in [1.29, 1.82) is 0 Å². The van der Waals surface area contributed by atoms with Crippen molar-refractivity contribution in [3.8, 4) is 0 Å². The third-order valence-electron chi connectivity index (χ3n) is 6.33. The van der Waals surface area contributed by atoms with Crippen LogP contribution in [-0.2, 0) is 0 Å². The Hall–Kier alpha value is -0.120. The molecular weight excluding hydrogens is 346 g/mol. The van der Waals surface area contributed by atoms with Crippen molar-refractivity contribution in [2.45, 2.75) is 122 Å². The topological polar surface area (TPSA) is 40.5 Å². The molecule has 3 nitrogen and oxygen atoms in total. The van der Waals surface area contributed by atoms with Crippen LogP contribution in [0.2, 0.25) is 0 Å². The van der Waals surface area contributed by atoms with Crippen LogP contribution in [0.1, 0.15) is 122 Å². The van der Waals surface area contributed by atoms with Gasteiger partial charge in [0.2, 0.25) is 0 Å². The van der Waals surface area contributed by atoms with Crippen LogP contribution in [-0.4, -0.2) is 54.6 Å². The lowest BCUT2D eigenvalue weighted by atomic mass is 10.0. The van der Waals surface area contributed by atoms with Crippen molar-refractivity contribution >= 4 is 0 Å². The monoisotopic (exact) mass is 400 g/mol. The Balaban J connectivity index is 3.23. The molecule has 0 unspecified atom stereocenters. The van der Waals surface area contributed by atoms with Gasteiger partial charge in [-0.25, -0.2) is 0 Å². The number of aliphatic hydroxyl groups is 2. The summed E-state index contributed by atoms with van der Waals surface area (Å²) in [5, 5.41) is 18.4. The minimum absolute atomic E-state index is 0.218. The Bertz CT molecular complexity index is 290. The van der Waals surface area contributed by atoms with Crippen molar-refractivity contribution in [3.05, 3.63) is 0 Å². The van der Waals surface area contributed by atoms with Gasteiger partial charge in [0, 0.05) is 0 Å². The number of hydrogen-bond acceptors (Lipinski definition) is 2. The second kappa shape index (κ2) is 21.6. The third kappa shape index (κ3) is 19.2. The van der Waals surface area contributed by atoms with Crippen LogP contribution in [0.4, 0.5) is 0 Å². The van der Waals surface area contributed by atoms with E-state index in [1.807, 2.05) is 0 Å². The first-order valence-corrected chi connectivity index (χ1v) is 12.7. The molecule has 0 aliphatic rings. The maximum Gasteiger partial charge on any atom is 0.102 e. The molecule has 0 amide bonds. The maximum absolute atomic E-state index is 9.18. The normalized spacial score (nSPS) is 12.0. The molecule has 0 aromatic rings. The van der Waals surface area contributed by atoms with Crippen LogP contribution in [0.15, 0.2) is 0 Å². The van der Waals surface area contributed by atoms with E-state index in [1.165, 1.54) is 116 Å². The largest absolute Gasteiger partial charge is 0.391 e. The highest BCUT2D eigenvalue weighted by Crippen LogP contribution is 2.15. The molecule has 28 heavy (non-hydrogen) atoms. The molecule has 0 saturated heterocycles. The van der Waals surface area contributed by atoms with Crippen molar-refractivity contribution in [2.75, 3.05) is 39.9 Å². The molecule has 0 aromatic carbocycles. The summed E-state index contributed by atoms with van der Waals surface area (Å²) in [7, 11) is 2.15. The summed E-state index contributed by atoms with van der Waals surface area (Å²) in [6, 6.07) is 0. The first kappa shape index (κ1) is 27.9. The zero-order valence-electron chi connectivity index (χ0n) is 19.6. The highest BCUT2D eigenvalue weighted by Gasteiger charge is 2.19. The molecule has 0 saturated carbocycles. The minimum atomic E-state index is 0.218. The van der Waals surface area contributed by atoms with E-state index < -0.39 is 0 Å². The fraction of sp³-hybridized carbons (Fsp3) is 1.00. The lowest BCUT2D eigenvalue weighted by Gasteiger charge is -2.33. The zero-order valence-corrected chi connectivity index (χ0v) is 19.6. The van der Waals surface area contributed by atoms with Crippen molar-refractivity contribution in [3.63, 3.8) is 0 Å². The molecule has 0 aliphatic carbocycles. The number of rotatable bonds is 23. The number of unbranched alkanes of at least 4 members (excludes halogenated alkanes) is 17. The van der Waals surface area contributed by atoms with Crippen LogP contribution in [0.25, 0.3) is 0 Å². The standard InChI is InChI=1S/C25H54NO2/c1-3-4-5-6-7-8-9-10-11-12-13-14-15-16-17-18-19-20-21-26(2,22-24-27)23-25-28/h27-28H,3-25H2,1-2H3/q+1. The highest BCUT2D eigenvalue weighted by molar-refractivity contribution is 4.51. The molecule has 3 heteroatoms. The lowest BCUT2D eigenvalue weighted by molar-refractivity contribution is -0.910. The van der Waals surface area contributed by atoms with E-state index in [1.54, 1.807) is 0 Å². The Labute approximate surface area is 177 Å². The van der Waals surface area contributed by atoms with Crippen LogP contribution < -0.4 is 0 Å². The average Bonchev–Trinajstić information content (AvgIpc) is 2.67. The molecule has 0 fully saturated rings. The number of aliphatic hydroxyl groups excluding tert-OH is 2. The first-order valence-electron chi connectivity index (χ1n) is 12.7. The molecule has 0 spiro atoms. The summed E-state index contributed by atoms with van der Waals surface area (Å²) in [5.41, 5.74) is 0. The van der Waals surface area contributed by atoms with E-state index in [-0.39, 0.29) is 13.2 Å². The van der Waals surface area contributed by atoms with E-state index in [9.17, 15) is 10.2 Å². The number of likely N-dealkylation sites (N-methyl/N-ethyl adjacent to an activating group) is 1. The maximum atomic E-state index is 9.18. The van der Waals surface area contributed by atoms with Crippen molar-refractivity contribution in [1.82, 2.24) is 0 Å². The predicted molar refractivity (Wildman–Crippen MR) is 124 cm³/mol. The molecule has 0 heterocycles. The first-order chi connectivity index (χ1) is 13.7. The van der Waals surface area contributed by atoms with Gasteiger partial charge in [0.25, 0.3) is 0 Å². The van der Waals surface area contributed by atoms with Gasteiger partial charge in [0.15, 0.2) is 0 Å². The summed E-state index contributed by atoms with van der Waals surface area (Å²) in [6.45, 7) is 5.33. The number of hydrogen-bond donors (Lipinski definition) is 2. The molecule has 2 N–H and O–H groups in total. The molecule has 0 radical (unpaired) electrons. The van der Waals surface area contributed by atoms with Gasteiger partial charge in [-0.1, -0.05) is 110 Å². The fourth-order valence-electron chi connectivity index (χ4n) is 4.21. The molecule has 0 aromatic heterocycles. The molecule has 170 valence electrons. The summed E-state index contributed by atoms with van der Waals surface area (Å²) in [5.74, 6) is 0. The summed E-state index contributed by atoms with van der Waals surface area (Å²) in [6.07, 6.45) is 25.3. The molecular formula is C25H54NO2+. The summed E-state index contributed by atoms with van der Waals surface area (Å²) >= 11 is 0. The van der Waals surface area contributed by atoms with Crippen LogP contribution in [0, 0.1) is 0 Å². The average molecular weight is 401 g/mol. The van der Waals surface area contributed by atoms with E-state index >= 15 is 0 Å². The van der Waals surface area contributed by atoms with Crippen LogP contribution >= 0.6 is 0 Å². The summed E-state index contributed by atoms with van der Waals surface area (Å²) in [4.78, 5) is 0. The van der Waals surface area contributed by atoms with Crippen LogP contribution in [0.5, 0.6) is 0 Å². The second-order valence-electron chi connectivity index (χ2n) is 9.25. The van der Waals surface area contributed by atoms with Gasteiger partial charge in [0.1, 0.15) is 13.1 Å². The van der Waals surface area contributed by atoms with Gasteiger partial charge >= 0.3 is 0 Å². The van der Waals surface area contributed by atoms with Gasteiger partial charge in [-0.05, 0) is 12.8 Å². The Morgan fingerprint density at radius 1 is 0.429 bits per heavy atom. The molecule has 0 bridgehead atoms. The third-order valence-corrected chi connectivity index (χ3v) is 6.33. The number of nitrogens with zero attached hydrogens (tertiary/aromatic N) is 1. The van der Waals surface area contributed by atoms with E-state index in [2.05, 4.69) is 14.0 Å². The van der Waals surface area contributed by atoms with Crippen LogP contribution in [0.3, 0.4) is 0 Å². The molecule has 0 atom stereocenters. The predicted octanol–water partition coefficient (Wildman–Crippen LogP) is 6.46. The summed E-state index contributed by atoms with van der Waals surface area (Å²) < 4.78 is 0.811. The van der Waals surface area contributed by atoms with E-state index in [0.29, 0.717) is 0 Å². The lowest BCUT2D eigenvalue weighted by Crippen LogP contribution is -2.48. The van der Waals surface area contributed by atoms with E-state index in [0.717, 1.165) is 24.1 Å². The Morgan fingerprint density at radius 3 is 1.00 bits per heavy atom. The smallest absolute Gasteiger partial charge is 0.102 e. The van der Waals surface area contributed by atoms with Crippen molar-refractivity contribution in [2.24, 2.45) is 0 Å². The van der Waals surface area contributed by atoms with Gasteiger partial charge in [0.05, 0.1) is 26.8 Å². The Kier molecular flexibility index (Phi) is 21.5. The van der Waals surface area contributed by atoms with Gasteiger partial charge in [-0.2, -0.15) is 0 Å². The van der Waals surface area contributed by atoms with E-state index in [4.69, 9.17) is 0 Å². The fourth-order valence-corrected chi connectivity index (χ4v) is 4.21. The van der Waals surface area contributed by atoms with Crippen molar-refractivity contribution < 1.29 is 14.7 Å². The quantitative estimate of drug-likeness (QED) is 0.153. The van der Waals surface area contributed by atoms with Gasteiger partial charge in [-0.3, -0.25) is 0 Å². The zero-order chi connectivity index (χ0) is 20.8.